The SMILES string of the molecule is Cc1cc(NC(=O)NCc2ccc3c(c2)C(=O)N(C2CCC(=O)CC2=O)C3)cc(CN2CCOCC2)c1C. The van der Waals surface area contributed by atoms with Crippen molar-refractivity contribution in [3.8, 4) is 0 Å². The Morgan fingerprint density at radius 2 is 1.87 bits per heavy atom. The number of morpholine rings is 1. The molecule has 0 aromatic heterocycles. The van der Waals surface area contributed by atoms with Crippen molar-refractivity contribution in [3.63, 3.8) is 0 Å². The quantitative estimate of drug-likeness (QED) is 0.569. The van der Waals surface area contributed by atoms with E-state index < -0.39 is 6.04 Å². The van der Waals surface area contributed by atoms with E-state index in [1.165, 1.54) is 11.1 Å². The van der Waals surface area contributed by atoms with Crippen LogP contribution in [0.1, 0.15) is 57.4 Å². The maximum absolute atomic E-state index is 13.1. The van der Waals surface area contributed by atoms with E-state index in [1.54, 1.807) is 11.0 Å². The summed E-state index contributed by atoms with van der Waals surface area (Å²) in [5.74, 6) is -0.432. The topological polar surface area (TPSA) is 108 Å². The summed E-state index contributed by atoms with van der Waals surface area (Å²) in [7, 11) is 0. The second-order valence-electron chi connectivity index (χ2n) is 10.4. The van der Waals surface area contributed by atoms with Crippen LogP contribution in [-0.2, 0) is 34.0 Å². The van der Waals surface area contributed by atoms with E-state index >= 15 is 0 Å². The molecule has 1 saturated heterocycles. The van der Waals surface area contributed by atoms with Crippen LogP contribution in [0.5, 0.6) is 0 Å². The van der Waals surface area contributed by atoms with Crippen LogP contribution in [0.2, 0.25) is 0 Å². The minimum atomic E-state index is -0.536. The molecule has 1 saturated carbocycles. The lowest BCUT2D eigenvalue weighted by molar-refractivity contribution is -0.133. The van der Waals surface area contributed by atoms with Crippen molar-refractivity contribution in [1.29, 1.82) is 0 Å². The van der Waals surface area contributed by atoms with Crippen LogP contribution in [0.25, 0.3) is 0 Å². The number of nitrogens with zero attached hydrogens (tertiary/aromatic N) is 2. The molecule has 2 heterocycles. The average Bonchev–Trinajstić information content (AvgIpc) is 3.22. The number of fused-ring (bicyclic) bond motifs is 1. The zero-order valence-corrected chi connectivity index (χ0v) is 22.0. The fourth-order valence-corrected chi connectivity index (χ4v) is 5.45. The molecular weight excluding hydrogens is 484 g/mol. The van der Waals surface area contributed by atoms with Crippen molar-refractivity contribution in [1.82, 2.24) is 15.1 Å². The van der Waals surface area contributed by atoms with Crippen LogP contribution in [-0.4, -0.2) is 65.6 Å². The Balaban J connectivity index is 1.19. The first-order valence-electron chi connectivity index (χ1n) is 13.2. The van der Waals surface area contributed by atoms with Crippen molar-refractivity contribution in [3.05, 3.63) is 63.7 Å². The lowest BCUT2D eigenvalue weighted by Crippen LogP contribution is -2.44. The highest BCUT2D eigenvalue weighted by Gasteiger charge is 2.38. The molecule has 2 fully saturated rings. The number of hydrogen-bond acceptors (Lipinski definition) is 6. The van der Waals surface area contributed by atoms with E-state index in [0.717, 1.165) is 55.2 Å². The van der Waals surface area contributed by atoms with Gasteiger partial charge < -0.3 is 20.3 Å². The Morgan fingerprint density at radius 1 is 1.08 bits per heavy atom. The monoisotopic (exact) mass is 518 g/mol. The number of carbonyl (C=O) groups is 4. The molecule has 0 bridgehead atoms. The highest BCUT2D eigenvalue weighted by atomic mass is 16.5. The number of nitrogens with one attached hydrogen (secondary N) is 2. The summed E-state index contributed by atoms with van der Waals surface area (Å²) >= 11 is 0. The zero-order chi connectivity index (χ0) is 26.8. The summed E-state index contributed by atoms with van der Waals surface area (Å²) < 4.78 is 5.45. The number of benzene rings is 2. The van der Waals surface area contributed by atoms with Crippen LogP contribution in [0.4, 0.5) is 10.5 Å². The molecule has 2 aromatic carbocycles. The summed E-state index contributed by atoms with van der Waals surface area (Å²) in [6.07, 6.45) is 0.624. The summed E-state index contributed by atoms with van der Waals surface area (Å²) in [5, 5.41) is 5.83. The Morgan fingerprint density at radius 3 is 2.63 bits per heavy atom. The first-order chi connectivity index (χ1) is 18.3. The van der Waals surface area contributed by atoms with Gasteiger partial charge in [-0.25, -0.2) is 4.79 Å². The number of rotatable bonds is 6. The fraction of sp³-hybridized carbons (Fsp3) is 0.448. The molecular formula is C29H34N4O5. The molecule has 200 valence electrons. The molecule has 2 aliphatic heterocycles. The molecule has 3 amide bonds. The van der Waals surface area contributed by atoms with E-state index in [-0.39, 0.29) is 36.5 Å². The molecule has 1 aliphatic carbocycles. The largest absolute Gasteiger partial charge is 0.379 e. The molecule has 3 aliphatic rings. The average molecular weight is 519 g/mol. The van der Waals surface area contributed by atoms with E-state index in [9.17, 15) is 19.2 Å². The maximum atomic E-state index is 13.1. The molecule has 1 unspecified atom stereocenters. The molecule has 9 nitrogen and oxygen atoms in total. The fourth-order valence-electron chi connectivity index (χ4n) is 5.45. The summed E-state index contributed by atoms with van der Waals surface area (Å²) in [6, 6.07) is 8.69. The van der Waals surface area contributed by atoms with Gasteiger partial charge in [0.25, 0.3) is 5.91 Å². The van der Waals surface area contributed by atoms with Gasteiger partial charge in [-0.1, -0.05) is 12.1 Å². The first-order valence-corrected chi connectivity index (χ1v) is 13.2. The minimum Gasteiger partial charge on any atom is -0.379 e. The van der Waals surface area contributed by atoms with Crippen LogP contribution in [0, 0.1) is 13.8 Å². The van der Waals surface area contributed by atoms with Gasteiger partial charge in [0.15, 0.2) is 5.78 Å². The summed E-state index contributed by atoms with van der Waals surface area (Å²) in [6.45, 7) is 8.87. The lowest BCUT2D eigenvalue weighted by atomic mass is 9.92. The third kappa shape index (κ3) is 5.63. The molecule has 2 aromatic rings. The van der Waals surface area contributed by atoms with E-state index in [4.69, 9.17) is 4.74 Å². The molecule has 0 radical (unpaired) electrons. The van der Waals surface area contributed by atoms with Crippen LogP contribution in [0.15, 0.2) is 30.3 Å². The van der Waals surface area contributed by atoms with E-state index in [2.05, 4.69) is 22.5 Å². The van der Waals surface area contributed by atoms with Gasteiger partial charge in [-0.3, -0.25) is 19.3 Å². The molecule has 0 spiro atoms. The Labute approximate surface area is 222 Å². The van der Waals surface area contributed by atoms with Gasteiger partial charge in [-0.05, 0) is 66.3 Å². The number of amides is 3. The number of ether oxygens (including phenoxy) is 1. The smallest absolute Gasteiger partial charge is 0.319 e. The van der Waals surface area contributed by atoms with Gasteiger partial charge >= 0.3 is 6.03 Å². The van der Waals surface area contributed by atoms with Crippen molar-refractivity contribution >= 4 is 29.2 Å². The lowest BCUT2D eigenvalue weighted by Gasteiger charge is -2.29. The number of anilines is 1. The van der Waals surface area contributed by atoms with Gasteiger partial charge in [0, 0.05) is 50.4 Å². The predicted molar refractivity (Wildman–Crippen MR) is 142 cm³/mol. The van der Waals surface area contributed by atoms with E-state index in [0.29, 0.717) is 24.9 Å². The van der Waals surface area contributed by atoms with E-state index in [1.807, 2.05) is 31.2 Å². The number of carbonyl (C=O) groups excluding carboxylic acids is 4. The van der Waals surface area contributed by atoms with Crippen molar-refractivity contribution in [2.75, 3.05) is 31.6 Å². The number of urea groups is 1. The Bertz CT molecular complexity index is 1280. The summed E-state index contributed by atoms with van der Waals surface area (Å²) in [4.78, 5) is 53.7. The number of hydrogen-bond donors (Lipinski definition) is 2. The number of Topliss-reactive ketones (excluding diaryl/α,β-unsaturated/α-hetero) is 2. The molecule has 5 rings (SSSR count). The summed E-state index contributed by atoms with van der Waals surface area (Å²) in [5.41, 5.74) is 6.47. The van der Waals surface area contributed by atoms with Crippen molar-refractivity contribution in [2.24, 2.45) is 0 Å². The highest BCUT2D eigenvalue weighted by Crippen LogP contribution is 2.29. The van der Waals surface area contributed by atoms with Crippen molar-refractivity contribution in [2.45, 2.75) is 58.8 Å². The normalized spacial score (nSPS) is 20.0. The van der Waals surface area contributed by atoms with Crippen LogP contribution >= 0.6 is 0 Å². The third-order valence-corrected chi connectivity index (χ3v) is 7.81. The third-order valence-electron chi connectivity index (χ3n) is 7.81. The standard InChI is InChI=1S/C29H34N4O5/c1-18-11-23(13-22(19(18)2)16-32-7-9-38-10-8-32)31-29(37)30-15-20-3-4-21-17-33(28(36)25(21)12-20)26-6-5-24(34)14-27(26)35/h3-4,11-13,26H,5-10,14-17H2,1-2H3,(H2,30,31,37). The number of aryl methyl sites for hydroxylation is 1. The second-order valence-corrected chi connectivity index (χ2v) is 10.4. The van der Waals surface area contributed by atoms with Crippen molar-refractivity contribution < 1.29 is 23.9 Å². The molecule has 9 heteroatoms. The molecule has 2 N–H and O–H groups in total. The zero-order valence-electron chi connectivity index (χ0n) is 22.0. The van der Waals surface area contributed by atoms with Gasteiger partial charge in [0.2, 0.25) is 0 Å². The Kier molecular flexibility index (Phi) is 7.58. The highest BCUT2D eigenvalue weighted by molar-refractivity contribution is 6.07. The van der Waals surface area contributed by atoms with Gasteiger partial charge in [0.1, 0.15) is 5.78 Å². The second kappa shape index (κ2) is 11.0. The molecule has 1 atom stereocenters. The van der Waals surface area contributed by atoms with Gasteiger partial charge in [-0.15, -0.1) is 0 Å². The van der Waals surface area contributed by atoms with Gasteiger partial charge in [0.05, 0.1) is 25.7 Å². The predicted octanol–water partition coefficient (Wildman–Crippen LogP) is 3.10. The van der Waals surface area contributed by atoms with Gasteiger partial charge in [-0.2, -0.15) is 0 Å². The Hall–Kier alpha value is -3.56. The minimum absolute atomic E-state index is 0.0591. The van der Waals surface area contributed by atoms with Crippen LogP contribution in [0.3, 0.4) is 0 Å². The number of ketones is 2. The molecule has 38 heavy (non-hydrogen) atoms. The maximum Gasteiger partial charge on any atom is 0.319 e. The van der Waals surface area contributed by atoms with Crippen LogP contribution < -0.4 is 10.6 Å². The first kappa shape index (κ1) is 26.1.